The number of halogens is 3. The molecule has 17 heavy (non-hydrogen) atoms. The molecule has 2 rings (SSSR count). The van der Waals surface area contributed by atoms with Crippen LogP contribution in [-0.4, -0.2) is 12.8 Å². The van der Waals surface area contributed by atoms with Gasteiger partial charge in [0.05, 0.1) is 0 Å². The first kappa shape index (κ1) is 11.8. The SMILES string of the molecule is O=COC1(c2ccc(OC(F)(F)F)cc2)CC1. The van der Waals surface area contributed by atoms with Crippen LogP contribution >= 0.6 is 0 Å². The molecule has 6 heteroatoms. The maximum absolute atomic E-state index is 11.9. The van der Waals surface area contributed by atoms with Gasteiger partial charge >= 0.3 is 6.36 Å². The summed E-state index contributed by atoms with van der Waals surface area (Å²) in [5.41, 5.74) is 0.0394. The molecule has 0 amide bonds. The first-order valence-electron chi connectivity index (χ1n) is 4.93. The summed E-state index contributed by atoms with van der Waals surface area (Å²) in [7, 11) is 0. The van der Waals surface area contributed by atoms with E-state index in [1.54, 1.807) is 0 Å². The number of hydrogen-bond donors (Lipinski definition) is 0. The lowest BCUT2D eigenvalue weighted by Gasteiger charge is -2.14. The number of benzene rings is 1. The molecule has 1 aliphatic carbocycles. The van der Waals surface area contributed by atoms with Crippen molar-refractivity contribution in [2.24, 2.45) is 0 Å². The van der Waals surface area contributed by atoms with Gasteiger partial charge in [-0.3, -0.25) is 4.79 Å². The summed E-state index contributed by atoms with van der Waals surface area (Å²) in [6.45, 7) is 0.354. The summed E-state index contributed by atoms with van der Waals surface area (Å²) in [5, 5.41) is 0. The van der Waals surface area contributed by atoms with Gasteiger partial charge in [0, 0.05) is 0 Å². The van der Waals surface area contributed by atoms with Crippen LogP contribution in [0, 0.1) is 0 Å². The van der Waals surface area contributed by atoms with Crippen LogP contribution in [0.4, 0.5) is 13.2 Å². The quantitative estimate of drug-likeness (QED) is 0.766. The van der Waals surface area contributed by atoms with Crippen molar-refractivity contribution in [3.8, 4) is 5.75 Å². The van der Waals surface area contributed by atoms with E-state index in [9.17, 15) is 18.0 Å². The van der Waals surface area contributed by atoms with Crippen molar-refractivity contribution in [1.82, 2.24) is 0 Å². The minimum Gasteiger partial charge on any atom is -0.456 e. The highest BCUT2D eigenvalue weighted by Gasteiger charge is 2.47. The summed E-state index contributed by atoms with van der Waals surface area (Å²) >= 11 is 0. The molecule has 0 unspecified atom stereocenters. The van der Waals surface area contributed by atoms with Gasteiger partial charge in [-0.1, -0.05) is 12.1 Å². The predicted molar refractivity (Wildman–Crippen MR) is 51.2 cm³/mol. The minimum atomic E-state index is -4.70. The lowest BCUT2D eigenvalue weighted by molar-refractivity contribution is -0.274. The molecule has 0 aliphatic heterocycles. The lowest BCUT2D eigenvalue weighted by Crippen LogP contribution is -2.17. The van der Waals surface area contributed by atoms with Crippen molar-refractivity contribution in [3.05, 3.63) is 29.8 Å². The van der Waals surface area contributed by atoms with E-state index in [2.05, 4.69) is 4.74 Å². The number of hydrogen-bond acceptors (Lipinski definition) is 3. The molecule has 1 fully saturated rings. The highest BCUT2D eigenvalue weighted by Crippen LogP contribution is 2.49. The molecule has 1 aromatic rings. The second kappa shape index (κ2) is 3.94. The zero-order chi connectivity index (χ0) is 12.5. The molecular weight excluding hydrogens is 237 g/mol. The van der Waals surface area contributed by atoms with Gasteiger partial charge in [-0.15, -0.1) is 13.2 Å². The summed E-state index contributed by atoms with van der Waals surface area (Å²) in [6, 6.07) is 5.35. The summed E-state index contributed by atoms with van der Waals surface area (Å²) in [5.74, 6) is -0.289. The Bertz CT molecular complexity index is 407. The third kappa shape index (κ3) is 2.69. The van der Waals surface area contributed by atoms with E-state index in [1.165, 1.54) is 24.3 Å². The van der Waals surface area contributed by atoms with Gasteiger partial charge in [-0.2, -0.15) is 0 Å². The second-order valence-corrected chi connectivity index (χ2v) is 3.78. The van der Waals surface area contributed by atoms with Gasteiger partial charge in [0.2, 0.25) is 0 Å². The maximum Gasteiger partial charge on any atom is 0.573 e. The third-order valence-corrected chi connectivity index (χ3v) is 2.59. The molecule has 0 spiro atoms. The van der Waals surface area contributed by atoms with Crippen molar-refractivity contribution in [3.63, 3.8) is 0 Å². The van der Waals surface area contributed by atoms with E-state index in [-0.39, 0.29) is 5.75 Å². The maximum atomic E-state index is 11.9. The van der Waals surface area contributed by atoms with Crippen molar-refractivity contribution in [1.29, 1.82) is 0 Å². The second-order valence-electron chi connectivity index (χ2n) is 3.78. The van der Waals surface area contributed by atoms with Crippen LogP contribution < -0.4 is 4.74 Å². The average molecular weight is 246 g/mol. The molecule has 0 heterocycles. The summed E-state index contributed by atoms with van der Waals surface area (Å²) < 4.78 is 44.4. The molecule has 92 valence electrons. The van der Waals surface area contributed by atoms with Crippen LogP contribution in [0.25, 0.3) is 0 Å². The monoisotopic (exact) mass is 246 g/mol. The molecule has 0 bridgehead atoms. The Balaban J connectivity index is 2.11. The largest absolute Gasteiger partial charge is 0.573 e. The fraction of sp³-hybridized carbons (Fsp3) is 0.364. The van der Waals surface area contributed by atoms with Crippen molar-refractivity contribution in [2.45, 2.75) is 24.8 Å². The Hall–Kier alpha value is -1.72. The molecule has 0 aromatic heterocycles. The first-order chi connectivity index (χ1) is 7.95. The first-order valence-corrected chi connectivity index (χ1v) is 4.93. The number of carbonyl (C=O) groups is 1. The molecule has 1 saturated carbocycles. The van der Waals surface area contributed by atoms with E-state index in [0.29, 0.717) is 24.9 Å². The standard InChI is InChI=1S/C11H9F3O3/c12-11(13,14)17-9-3-1-8(2-4-9)10(5-6-10)16-7-15/h1-4,7H,5-6H2. The topological polar surface area (TPSA) is 35.5 Å². The molecule has 3 nitrogen and oxygen atoms in total. The van der Waals surface area contributed by atoms with E-state index < -0.39 is 12.0 Å². The number of ether oxygens (including phenoxy) is 2. The Morgan fingerprint density at radius 3 is 2.18 bits per heavy atom. The van der Waals surface area contributed by atoms with Gasteiger partial charge in [0.1, 0.15) is 11.4 Å². The van der Waals surface area contributed by atoms with E-state index >= 15 is 0 Å². The normalized spacial score (nSPS) is 17.4. The third-order valence-electron chi connectivity index (χ3n) is 2.59. The van der Waals surface area contributed by atoms with Crippen LogP contribution in [0.15, 0.2) is 24.3 Å². The number of carbonyl (C=O) groups excluding carboxylic acids is 1. The summed E-state index contributed by atoms with van der Waals surface area (Å²) in [4.78, 5) is 10.3. The Labute approximate surface area is 95.1 Å². The van der Waals surface area contributed by atoms with Crippen molar-refractivity contribution >= 4 is 6.47 Å². The smallest absolute Gasteiger partial charge is 0.456 e. The molecular formula is C11H9F3O3. The van der Waals surface area contributed by atoms with Gasteiger partial charge in [0.25, 0.3) is 6.47 Å². The van der Waals surface area contributed by atoms with Gasteiger partial charge < -0.3 is 9.47 Å². The van der Waals surface area contributed by atoms with Gasteiger partial charge in [-0.25, -0.2) is 0 Å². The van der Waals surface area contributed by atoms with Crippen LogP contribution in [0.2, 0.25) is 0 Å². The fourth-order valence-electron chi connectivity index (χ4n) is 1.64. The molecule has 1 aliphatic rings. The minimum absolute atomic E-state index is 0.289. The average Bonchev–Trinajstić information content (AvgIpc) is 2.98. The highest BCUT2D eigenvalue weighted by atomic mass is 19.4. The summed E-state index contributed by atoms with van der Waals surface area (Å²) in [6.07, 6.45) is -3.32. The lowest BCUT2D eigenvalue weighted by atomic mass is 10.1. The van der Waals surface area contributed by atoms with E-state index in [0.717, 1.165) is 0 Å². The van der Waals surface area contributed by atoms with Crippen LogP contribution in [0.3, 0.4) is 0 Å². The van der Waals surface area contributed by atoms with Crippen molar-refractivity contribution in [2.75, 3.05) is 0 Å². The molecule has 0 atom stereocenters. The van der Waals surface area contributed by atoms with Crippen LogP contribution in [0.1, 0.15) is 18.4 Å². The molecule has 0 radical (unpaired) electrons. The van der Waals surface area contributed by atoms with E-state index in [1.807, 2.05) is 0 Å². The van der Waals surface area contributed by atoms with Crippen molar-refractivity contribution < 1.29 is 27.4 Å². The zero-order valence-electron chi connectivity index (χ0n) is 8.66. The van der Waals surface area contributed by atoms with Gasteiger partial charge in [-0.05, 0) is 30.5 Å². The van der Waals surface area contributed by atoms with Crippen LogP contribution in [0.5, 0.6) is 5.75 Å². The Morgan fingerprint density at radius 2 is 1.76 bits per heavy atom. The molecule has 1 aromatic carbocycles. The highest BCUT2D eigenvalue weighted by molar-refractivity contribution is 5.43. The Morgan fingerprint density at radius 1 is 1.18 bits per heavy atom. The number of alkyl halides is 3. The predicted octanol–water partition coefficient (Wildman–Crippen LogP) is 2.75. The zero-order valence-corrected chi connectivity index (χ0v) is 8.66. The Kier molecular flexibility index (Phi) is 2.73. The number of rotatable bonds is 4. The van der Waals surface area contributed by atoms with Gasteiger partial charge in [0.15, 0.2) is 0 Å². The van der Waals surface area contributed by atoms with E-state index in [4.69, 9.17) is 4.74 Å². The molecule has 0 saturated heterocycles. The molecule has 0 N–H and O–H groups in total. The van der Waals surface area contributed by atoms with Crippen LogP contribution in [-0.2, 0) is 15.1 Å². The fourth-order valence-corrected chi connectivity index (χ4v) is 1.64.